The first-order valence-corrected chi connectivity index (χ1v) is 24.0. The molecular weight excluding hydrogens is 545 g/mol. The molecule has 1 aliphatic carbocycles. The fraction of sp³-hybridized carbons (Fsp3) is 0.758. The van der Waals surface area contributed by atoms with Crippen molar-refractivity contribution < 1.29 is 18.0 Å². The third-order valence-corrected chi connectivity index (χ3v) is 23.6. The highest BCUT2D eigenvalue weighted by Crippen LogP contribution is 2.44. The van der Waals surface area contributed by atoms with E-state index in [1.54, 1.807) is 0 Å². The Balaban J connectivity index is 2.48. The van der Waals surface area contributed by atoms with Gasteiger partial charge in [-0.05, 0) is 65.5 Å². The van der Waals surface area contributed by atoms with E-state index >= 15 is 0 Å². The molecule has 0 bridgehead atoms. The topological polar surface area (TPSA) is 36.9 Å². The molecule has 1 saturated carbocycles. The zero-order valence-electron chi connectivity index (χ0n) is 28.7. The zero-order chi connectivity index (χ0) is 30.8. The largest absolute Gasteiger partial charge is 0.413 e. The van der Waals surface area contributed by atoms with Crippen LogP contribution in [0.25, 0.3) is 0 Å². The van der Waals surface area contributed by atoms with Gasteiger partial charge in [0.2, 0.25) is 0 Å². The lowest BCUT2D eigenvalue weighted by Crippen LogP contribution is -2.52. The normalized spacial score (nSPS) is 23.1. The van der Waals surface area contributed by atoms with E-state index in [2.05, 4.69) is 138 Å². The predicted molar refractivity (Wildman–Crippen MR) is 180 cm³/mol. The second-order valence-corrected chi connectivity index (χ2v) is 30.7. The Morgan fingerprint density at radius 3 is 1.50 bits per heavy atom. The first-order valence-electron chi connectivity index (χ1n) is 15.3. The van der Waals surface area contributed by atoms with Gasteiger partial charge in [-0.15, -0.1) is 0 Å². The van der Waals surface area contributed by atoms with Gasteiger partial charge >= 0.3 is 0 Å². The van der Waals surface area contributed by atoms with Crippen LogP contribution in [0.5, 0.6) is 0 Å². The molecule has 1 fully saturated rings. The summed E-state index contributed by atoms with van der Waals surface area (Å²) in [4.78, 5) is 0. The fourth-order valence-electron chi connectivity index (χ4n) is 4.10. The first kappa shape index (κ1) is 35.6. The summed E-state index contributed by atoms with van der Waals surface area (Å²) in [6.07, 6.45) is 4.03. The van der Waals surface area contributed by atoms with Gasteiger partial charge in [0.05, 0.1) is 31.5 Å². The molecule has 0 radical (unpaired) electrons. The van der Waals surface area contributed by atoms with Crippen LogP contribution in [0.1, 0.15) is 80.7 Å². The highest BCUT2D eigenvalue weighted by atomic mass is 28.4. The van der Waals surface area contributed by atoms with Crippen molar-refractivity contribution in [3.63, 3.8) is 0 Å². The summed E-state index contributed by atoms with van der Waals surface area (Å²) >= 11 is 0. The Morgan fingerprint density at radius 2 is 1.10 bits per heavy atom. The molecule has 7 heteroatoms. The molecule has 0 aromatic heterocycles. The van der Waals surface area contributed by atoms with Crippen LogP contribution in [-0.4, -0.2) is 49.9 Å². The fourth-order valence-corrected chi connectivity index (χ4v) is 7.63. The average Bonchev–Trinajstić information content (AvgIpc) is 2.77. The minimum absolute atomic E-state index is 0.0341. The molecule has 0 saturated heterocycles. The standard InChI is InChI=1S/C33H62O4Si3/c1-31(2,3)38(10,11)35-22-21-28-29(36-39(12,13)32(4,5)6)23-27(34-25-26-19-17-16-18-20-26)24-30(28)37-40(14,15)33(7,8)9/h16-21,27,29-30H,22-25H2,1-15H3/b28-21-/t27?,29-,30?/m1/s1. The summed E-state index contributed by atoms with van der Waals surface area (Å²) in [6.45, 7) is 36.1. The molecule has 1 aliphatic rings. The van der Waals surface area contributed by atoms with Crippen molar-refractivity contribution in [3.05, 3.63) is 47.5 Å². The van der Waals surface area contributed by atoms with Gasteiger partial charge in [-0.1, -0.05) is 98.7 Å². The van der Waals surface area contributed by atoms with Crippen LogP contribution >= 0.6 is 0 Å². The summed E-state index contributed by atoms with van der Waals surface area (Å²) < 4.78 is 27.7. The third-order valence-electron chi connectivity index (χ3n) is 10.1. The quantitative estimate of drug-likeness (QED) is 0.196. The number of hydrogen-bond acceptors (Lipinski definition) is 4. The Kier molecular flexibility index (Phi) is 11.6. The summed E-state index contributed by atoms with van der Waals surface area (Å²) in [5.74, 6) is 0. The van der Waals surface area contributed by atoms with Gasteiger partial charge in [0.1, 0.15) is 0 Å². The monoisotopic (exact) mass is 606 g/mol. The average molecular weight is 607 g/mol. The lowest BCUT2D eigenvalue weighted by molar-refractivity contribution is -0.0327. The van der Waals surface area contributed by atoms with Crippen molar-refractivity contribution in [2.24, 2.45) is 0 Å². The van der Waals surface area contributed by atoms with Gasteiger partial charge in [0, 0.05) is 12.8 Å². The molecule has 0 spiro atoms. The maximum Gasteiger partial charge on any atom is 0.192 e. The molecular formula is C33H62O4Si3. The summed E-state index contributed by atoms with van der Waals surface area (Å²) in [6, 6.07) is 10.5. The molecule has 40 heavy (non-hydrogen) atoms. The lowest BCUT2D eigenvalue weighted by Gasteiger charge is -2.47. The second-order valence-electron chi connectivity index (χ2n) is 16.4. The minimum atomic E-state index is -2.05. The zero-order valence-corrected chi connectivity index (χ0v) is 31.7. The summed E-state index contributed by atoms with van der Waals surface area (Å²) in [5.41, 5.74) is 2.48. The first-order chi connectivity index (χ1) is 18.0. The van der Waals surface area contributed by atoms with Gasteiger partial charge in [-0.25, -0.2) is 0 Å². The van der Waals surface area contributed by atoms with Crippen molar-refractivity contribution in [1.29, 1.82) is 0 Å². The van der Waals surface area contributed by atoms with Crippen molar-refractivity contribution in [2.75, 3.05) is 6.61 Å². The Labute approximate surface area is 251 Å². The van der Waals surface area contributed by atoms with Crippen LogP contribution in [0, 0.1) is 0 Å². The maximum absolute atomic E-state index is 7.20. The number of ether oxygens (including phenoxy) is 1. The van der Waals surface area contributed by atoms with Crippen molar-refractivity contribution in [1.82, 2.24) is 0 Å². The minimum Gasteiger partial charge on any atom is -0.413 e. The van der Waals surface area contributed by atoms with Crippen LogP contribution < -0.4 is 0 Å². The van der Waals surface area contributed by atoms with Crippen molar-refractivity contribution in [3.8, 4) is 0 Å². The Hall–Kier alpha value is -0.549. The molecule has 4 nitrogen and oxygen atoms in total. The van der Waals surface area contributed by atoms with E-state index in [0.29, 0.717) is 13.2 Å². The van der Waals surface area contributed by atoms with Crippen LogP contribution in [-0.2, 0) is 24.6 Å². The molecule has 0 heterocycles. The van der Waals surface area contributed by atoms with Gasteiger partial charge in [-0.3, -0.25) is 0 Å². The molecule has 230 valence electrons. The van der Waals surface area contributed by atoms with E-state index in [-0.39, 0.29) is 33.4 Å². The van der Waals surface area contributed by atoms with Crippen LogP contribution in [0.3, 0.4) is 0 Å². The molecule has 0 aliphatic heterocycles. The van der Waals surface area contributed by atoms with Crippen LogP contribution in [0.15, 0.2) is 42.0 Å². The Morgan fingerprint density at radius 1 is 0.675 bits per heavy atom. The van der Waals surface area contributed by atoms with E-state index in [1.807, 2.05) is 0 Å². The molecule has 0 amide bonds. The molecule has 0 N–H and O–H groups in total. The number of rotatable bonds is 10. The molecule has 3 atom stereocenters. The highest BCUT2D eigenvalue weighted by Gasteiger charge is 2.47. The van der Waals surface area contributed by atoms with Crippen molar-refractivity contribution in [2.45, 2.75) is 154 Å². The van der Waals surface area contributed by atoms with E-state index in [1.165, 1.54) is 11.1 Å². The second kappa shape index (κ2) is 13.0. The maximum atomic E-state index is 7.20. The van der Waals surface area contributed by atoms with Gasteiger partial charge in [0.25, 0.3) is 0 Å². The van der Waals surface area contributed by atoms with Gasteiger partial charge < -0.3 is 18.0 Å². The predicted octanol–water partition coefficient (Wildman–Crippen LogP) is 10.1. The van der Waals surface area contributed by atoms with E-state index in [0.717, 1.165) is 12.8 Å². The van der Waals surface area contributed by atoms with Crippen molar-refractivity contribution >= 4 is 25.0 Å². The van der Waals surface area contributed by atoms with E-state index in [4.69, 9.17) is 18.0 Å². The van der Waals surface area contributed by atoms with E-state index in [9.17, 15) is 0 Å². The summed E-state index contributed by atoms with van der Waals surface area (Å²) in [7, 11) is -5.99. The molecule has 1 aromatic rings. The number of hydrogen-bond donors (Lipinski definition) is 0. The van der Waals surface area contributed by atoms with Gasteiger partial charge in [-0.2, -0.15) is 0 Å². The smallest absolute Gasteiger partial charge is 0.192 e. The summed E-state index contributed by atoms with van der Waals surface area (Å²) in [5, 5.41) is 0.398. The van der Waals surface area contributed by atoms with Gasteiger partial charge in [0.15, 0.2) is 25.0 Å². The molecule has 2 rings (SSSR count). The van der Waals surface area contributed by atoms with Crippen LogP contribution in [0.4, 0.5) is 0 Å². The van der Waals surface area contributed by atoms with Crippen LogP contribution in [0.2, 0.25) is 54.4 Å². The molecule has 2 unspecified atom stereocenters. The third kappa shape index (κ3) is 9.48. The number of benzene rings is 1. The highest BCUT2D eigenvalue weighted by molar-refractivity contribution is 6.75. The Bertz CT molecular complexity index is 926. The lowest BCUT2D eigenvalue weighted by atomic mass is 9.87. The van der Waals surface area contributed by atoms with E-state index < -0.39 is 25.0 Å². The SMILES string of the molecule is CC(C)(C)[Si](C)(C)OC/C=C1\C(O[Si](C)(C)C(C)(C)C)CC(OCc2ccccc2)C[C@H]1O[Si](C)(C)C(C)(C)C. The molecule has 1 aromatic carbocycles.